The molecule has 6 nitrogen and oxygen atoms in total. The monoisotopic (exact) mass is 249 g/mol. The molecule has 0 saturated carbocycles. The quantitative estimate of drug-likeness (QED) is 0.460. The number of hydrogen-bond acceptors (Lipinski definition) is 3. The van der Waals surface area contributed by atoms with Crippen molar-refractivity contribution in [3.8, 4) is 0 Å². The van der Waals surface area contributed by atoms with E-state index < -0.39 is 12.8 Å². The van der Waals surface area contributed by atoms with Gasteiger partial charge in [-0.3, -0.25) is 4.57 Å². The lowest BCUT2D eigenvalue weighted by Crippen LogP contribution is -2.29. The summed E-state index contributed by atoms with van der Waals surface area (Å²) >= 11 is 0. The minimum atomic E-state index is -4.48. The van der Waals surface area contributed by atoms with Gasteiger partial charge in [-0.25, -0.2) is 0 Å². The molecule has 0 spiro atoms. The largest absolute Gasteiger partial charge is 0.396 e. The zero-order valence-corrected chi connectivity index (χ0v) is 9.60. The lowest BCUT2D eigenvalue weighted by molar-refractivity contribution is 0.201. The molecule has 92 valence electrons. The second-order valence-corrected chi connectivity index (χ2v) is 5.55. The molecule has 0 atom stereocenters. The van der Waals surface area contributed by atoms with Crippen LogP contribution in [0.3, 0.4) is 0 Å². The van der Waals surface area contributed by atoms with E-state index in [1.807, 2.05) is 0 Å². The Morgan fingerprint density at radius 1 is 1.25 bits per heavy atom. The Balaban J connectivity index is 3.22. The van der Waals surface area contributed by atoms with E-state index in [-0.39, 0.29) is 26.1 Å². The Labute approximate surface area is 93.1 Å². The van der Waals surface area contributed by atoms with Gasteiger partial charge < -0.3 is 25.0 Å². The average molecular weight is 249 g/mol. The molecule has 0 aliphatic carbocycles. The summed E-state index contributed by atoms with van der Waals surface area (Å²) in [6, 6.07) is 3.17. The molecule has 1 aromatic rings. The van der Waals surface area contributed by atoms with E-state index >= 15 is 0 Å². The van der Waals surface area contributed by atoms with Crippen LogP contribution in [0, 0.1) is 0 Å². The lowest BCUT2D eigenvalue weighted by atomic mass is 9.97. The van der Waals surface area contributed by atoms with Crippen LogP contribution in [-0.2, 0) is 9.72 Å². The van der Waals surface area contributed by atoms with Crippen molar-refractivity contribution in [1.29, 1.82) is 0 Å². The third-order valence-corrected chi connectivity index (χ3v) is 4.51. The first kappa shape index (κ1) is 13.4. The minimum Gasteiger partial charge on any atom is -0.396 e. The standard InChI is InChI=1S/C9H16NO5P/c11-6-3-9(4-7-12,16(13,14)15)8-2-1-5-10-8/h1-2,5,10-12H,3-4,6-7H2,(H2,13,14,15). The molecule has 16 heavy (non-hydrogen) atoms. The second-order valence-electron chi connectivity index (χ2n) is 3.61. The topological polar surface area (TPSA) is 114 Å². The van der Waals surface area contributed by atoms with Crippen molar-refractivity contribution in [2.24, 2.45) is 0 Å². The molecule has 5 N–H and O–H groups in total. The summed E-state index contributed by atoms with van der Waals surface area (Å²) in [6.45, 7) is -0.714. The first-order valence-electron chi connectivity index (χ1n) is 4.89. The van der Waals surface area contributed by atoms with Crippen molar-refractivity contribution < 1.29 is 24.6 Å². The molecule has 1 heterocycles. The SMILES string of the molecule is O=P(O)(O)C(CCO)(CCO)c1ccc[nH]1. The number of aromatic nitrogens is 1. The van der Waals surface area contributed by atoms with Gasteiger partial charge in [0.2, 0.25) is 0 Å². The highest BCUT2D eigenvalue weighted by Crippen LogP contribution is 2.60. The van der Waals surface area contributed by atoms with Crippen molar-refractivity contribution in [3.63, 3.8) is 0 Å². The summed E-state index contributed by atoms with van der Waals surface area (Å²) in [6.07, 6.45) is 1.35. The van der Waals surface area contributed by atoms with E-state index in [1.54, 1.807) is 18.3 Å². The molecular formula is C9H16NO5P. The van der Waals surface area contributed by atoms with Gasteiger partial charge in [0, 0.05) is 25.1 Å². The van der Waals surface area contributed by atoms with Gasteiger partial charge in [-0.05, 0) is 25.0 Å². The molecule has 0 saturated heterocycles. The van der Waals surface area contributed by atoms with Crippen LogP contribution in [-0.4, -0.2) is 38.2 Å². The fourth-order valence-corrected chi connectivity index (χ4v) is 3.07. The number of aliphatic hydroxyl groups is 2. The van der Waals surface area contributed by atoms with Gasteiger partial charge >= 0.3 is 7.60 Å². The number of aliphatic hydroxyl groups excluding tert-OH is 2. The maximum absolute atomic E-state index is 11.6. The lowest BCUT2D eigenvalue weighted by Gasteiger charge is -2.32. The van der Waals surface area contributed by atoms with Crippen LogP contribution < -0.4 is 0 Å². The van der Waals surface area contributed by atoms with Gasteiger partial charge in [0.1, 0.15) is 5.16 Å². The molecule has 0 bridgehead atoms. The molecule has 0 aromatic carbocycles. The van der Waals surface area contributed by atoms with Gasteiger partial charge in [0.05, 0.1) is 0 Å². The highest BCUT2D eigenvalue weighted by atomic mass is 31.2. The minimum absolute atomic E-state index is 0.0989. The molecule has 1 rings (SSSR count). The number of hydrogen-bond donors (Lipinski definition) is 5. The van der Waals surface area contributed by atoms with E-state index in [4.69, 9.17) is 10.2 Å². The molecule has 0 fully saturated rings. The van der Waals surface area contributed by atoms with Gasteiger partial charge in [-0.1, -0.05) is 0 Å². The molecule has 0 aliphatic rings. The van der Waals surface area contributed by atoms with E-state index in [2.05, 4.69) is 4.98 Å². The van der Waals surface area contributed by atoms with Crippen molar-refractivity contribution in [3.05, 3.63) is 24.0 Å². The first-order valence-corrected chi connectivity index (χ1v) is 6.50. The van der Waals surface area contributed by atoms with Crippen molar-refractivity contribution in [2.45, 2.75) is 18.0 Å². The maximum Gasteiger partial charge on any atom is 0.337 e. The van der Waals surface area contributed by atoms with Crippen molar-refractivity contribution in [1.82, 2.24) is 4.98 Å². The number of nitrogens with one attached hydrogen (secondary N) is 1. The average Bonchev–Trinajstić information content (AvgIpc) is 2.68. The fraction of sp³-hybridized carbons (Fsp3) is 0.556. The molecular weight excluding hydrogens is 233 g/mol. The molecule has 0 radical (unpaired) electrons. The van der Waals surface area contributed by atoms with E-state index in [0.717, 1.165) is 0 Å². The zero-order valence-electron chi connectivity index (χ0n) is 8.70. The van der Waals surface area contributed by atoms with Crippen molar-refractivity contribution >= 4 is 7.60 Å². The summed E-state index contributed by atoms with van der Waals surface area (Å²) in [5.74, 6) is 0. The Morgan fingerprint density at radius 2 is 1.81 bits per heavy atom. The predicted octanol–water partition coefficient (Wildman–Crippen LogP) is 0.152. The van der Waals surface area contributed by atoms with Crippen LogP contribution in [0.15, 0.2) is 18.3 Å². The fourth-order valence-electron chi connectivity index (χ4n) is 1.83. The van der Waals surface area contributed by atoms with Crippen molar-refractivity contribution in [2.75, 3.05) is 13.2 Å². The van der Waals surface area contributed by atoms with Crippen LogP contribution in [0.4, 0.5) is 0 Å². The van der Waals surface area contributed by atoms with Crippen LogP contribution in [0.1, 0.15) is 18.5 Å². The summed E-state index contributed by atoms with van der Waals surface area (Å²) < 4.78 is 11.6. The smallest absolute Gasteiger partial charge is 0.337 e. The van der Waals surface area contributed by atoms with E-state index in [0.29, 0.717) is 5.69 Å². The van der Waals surface area contributed by atoms with Crippen LogP contribution in [0.25, 0.3) is 0 Å². The predicted molar refractivity (Wildman–Crippen MR) is 57.9 cm³/mol. The normalized spacial score (nSPS) is 13.0. The number of aromatic amines is 1. The highest BCUT2D eigenvalue weighted by Gasteiger charge is 2.48. The molecule has 1 aromatic heterocycles. The van der Waals surface area contributed by atoms with Crippen LogP contribution in [0.2, 0.25) is 0 Å². The molecule has 0 aliphatic heterocycles. The summed E-state index contributed by atoms with van der Waals surface area (Å²) in [5.41, 5.74) is 0.337. The van der Waals surface area contributed by atoms with Gasteiger partial charge in [0.25, 0.3) is 0 Å². The molecule has 7 heteroatoms. The number of H-pyrrole nitrogens is 1. The Hall–Kier alpha value is -0.650. The van der Waals surface area contributed by atoms with E-state index in [9.17, 15) is 14.4 Å². The summed E-state index contributed by atoms with van der Waals surface area (Å²) in [5, 5.41) is 16.4. The Kier molecular flexibility index (Phi) is 4.29. The Bertz CT molecular complexity index is 352. The van der Waals surface area contributed by atoms with Gasteiger partial charge in [-0.15, -0.1) is 0 Å². The maximum atomic E-state index is 11.6. The first-order chi connectivity index (χ1) is 7.48. The second kappa shape index (κ2) is 5.12. The van der Waals surface area contributed by atoms with Crippen LogP contribution >= 0.6 is 7.60 Å². The van der Waals surface area contributed by atoms with Crippen LogP contribution in [0.5, 0.6) is 0 Å². The zero-order chi connectivity index (χ0) is 12.2. The summed E-state index contributed by atoms with van der Waals surface area (Å²) in [4.78, 5) is 21.6. The third-order valence-electron chi connectivity index (χ3n) is 2.71. The number of rotatable bonds is 6. The molecule has 0 amide bonds. The Morgan fingerprint density at radius 3 is 2.12 bits per heavy atom. The third kappa shape index (κ3) is 2.36. The van der Waals surface area contributed by atoms with E-state index in [1.165, 1.54) is 0 Å². The molecule has 0 unspecified atom stereocenters. The highest BCUT2D eigenvalue weighted by molar-refractivity contribution is 7.53. The van der Waals surface area contributed by atoms with Gasteiger partial charge in [-0.2, -0.15) is 0 Å². The van der Waals surface area contributed by atoms with Gasteiger partial charge in [0.15, 0.2) is 0 Å². The summed E-state index contributed by atoms with van der Waals surface area (Å²) in [7, 11) is -4.48.